The van der Waals surface area contributed by atoms with Crippen molar-refractivity contribution in [2.75, 3.05) is 32.9 Å². The summed E-state index contributed by atoms with van der Waals surface area (Å²) in [6.45, 7) is 1.12. The molecule has 0 unspecified atom stereocenters. The summed E-state index contributed by atoms with van der Waals surface area (Å²) in [7, 11) is 0. The molecule has 2 heterocycles. The van der Waals surface area contributed by atoms with Gasteiger partial charge in [0.15, 0.2) is 6.10 Å². The van der Waals surface area contributed by atoms with E-state index in [1.807, 2.05) is 30.3 Å². The number of carbonyl (C=O) groups is 3. The third kappa shape index (κ3) is 3.97. The van der Waals surface area contributed by atoms with Gasteiger partial charge >= 0.3 is 0 Å². The molecule has 8 heteroatoms. The summed E-state index contributed by atoms with van der Waals surface area (Å²) in [5.74, 6) is -1.08. The lowest BCUT2D eigenvalue weighted by molar-refractivity contribution is -0.164. The first kappa shape index (κ1) is 17.4. The Morgan fingerprint density at radius 2 is 2.00 bits per heavy atom. The zero-order valence-corrected chi connectivity index (χ0v) is 13.8. The molecule has 2 fully saturated rings. The minimum Gasteiger partial charge on any atom is -0.369 e. The number of carbonyl (C=O) groups excluding carboxylic acids is 3. The molecule has 0 bridgehead atoms. The van der Waals surface area contributed by atoms with Crippen LogP contribution in [-0.2, 0) is 30.4 Å². The monoisotopic (exact) mass is 347 g/mol. The van der Waals surface area contributed by atoms with Crippen molar-refractivity contribution in [3.05, 3.63) is 35.9 Å². The number of ether oxygens (including phenoxy) is 2. The van der Waals surface area contributed by atoms with Gasteiger partial charge in [-0.1, -0.05) is 30.3 Å². The fourth-order valence-electron chi connectivity index (χ4n) is 3.02. The highest BCUT2D eigenvalue weighted by atomic mass is 16.5. The number of rotatable bonds is 4. The summed E-state index contributed by atoms with van der Waals surface area (Å²) in [6, 6.07) is 8.76. The summed E-state index contributed by atoms with van der Waals surface area (Å²) < 4.78 is 10.6. The predicted molar refractivity (Wildman–Crippen MR) is 87.1 cm³/mol. The number of nitrogens with zero attached hydrogens (tertiary/aromatic N) is 2. The third-order valence-electron chi connectivity index (χ3n) is 4.37. The maximum absolute atomic E-state index is 12.9. The van der Waals surface area contributed by atoms with Crippen LogP contribution in [0, 0.1) is 0 Å². The number of amides is 3. The predicted octanol–water partition coefficient (Wildman–Crippen LogP) is -0.873. The van der Waals surface area contributed by atoms with E-state index < -0.39 is 18.1 Å². The average Bonchev–Trinajstić information content (AvgIpc) is 2.64. The Kier molecular flexibility index (Phi) is 5.30. The van der Waals surface area contributed by atoms with E-state index in [9.17, 15) is 14.4 Å². The Morgan fingerprint density at radius 3 is 2.72 bits per heavy atom. The molecule has 2 atom stereocenters. The van der Waals surface area contributed by atoms with E-state index in [2.05, 4.69) is 0 Å². The van der Waals surface area contributed by atoms with Gasteiger partial charge in [-0.2, -0.15) is 0 Å². The molecule has 0 radical (unpaired) electrons. The molecular formula is C17H21N3O5. The third-order valence-corrected chi connectivity index (χ3v) is 4.37. The van der Waals surface area contributed by atoms with E-state index in [-0.39, 0.29) is 38.2 Å². The minimum atomic E-state index is -0.819. The Bertz CT molecular complexity index is 651. The van der Waals surface area contributed by atoms with Crippen LogP contribution in [0.5, 0.6) is 0 Å². The van der Waals surface area contributed by atoms with Gasteiger partial charge in [0.25, 0.3) is 0 Å². The van der Waals surface area contributed by atoms with E-state index in [1.54, 1.807) is 0 Å². The molecule has 0 aliphatic carbocycles. The molecule has 134 valence electrons. The first-order chi connectivity index (χ1) is 12.1. The number of primary amides is 1. The second kappa shape index (κ2) is 7.62. The maximum atomic E-state index is 12.9. The van der Waals surface area contributed by atoms with Crippen LogP contribution < -0.4 is 5.73 Å². The lowest BCUT2D eigenvalue weighted by Gasteiger charge is -2.39. The van der Waals surface area contributed by atoms with Crippen molar-refractivity contribution in [1.29, 1.82) is 0 Å². The zero-order chi connectivity index (χ0) is 17.8. The van der Waals surface area contributed by atoms with E-state index in [0.29, 0.717) is 13.1 Å². The molecule has 0 spiro atoms. The summed E-state index contributed by atoms with van der Waals surface area (Å²) in [4.78, 5) is 39.6. The van der Waals surface area contributed by atoms with Crippen molar-refractivity contribution in [3.8, 4) is 0 Å². The standard InChI is InChI=1S/C17H21N3O5/c18-16(22)14-9-19(6-7-25-14)17(23)13-10-24-11-15(21)20(13)8-12-4-2-1-3-5-12/h1-5,13-14H,6-11H2,(H2,18,22)/t13-,14+/m0/s1. The summed E-state index contributed by atoms with van der Waals surface area (Å²) in [6.07, 6.45) is -0.819. The molecule has 2 aliphatic rings. The van der Waals surface area contributed by atoms with Crippen LogP contribution in [0.3, 0.4) is 0 Å². The Hall–Kier alpha value is -2.45. The Labute approximate surface area is 145 Å². The summed E-state index contributed by atoms with van der Waals surface area (Å²) in [5, 5.41) is 0. The van der Waals surface area contributed by atoms with Crippen LogP contribution in [0.2, 0.25) is 0 Å². The van der Waals surface area contributed by atoms with E-state index in [4.69, 9.17) is 15.2 Å². The molecule has 2 N–H and O–H groups in total. The number of benzene rings is 1. The van der Waals surface area contributed by atoms with Crippen molar-refractivity contribution in [3.63, 3.8) is 0 Å². The van der Waals surface area contributed by atoms with E-state index in [1.165, 1.54) is 9.80 Å². The van der Waals surface area contributed by atoms with Gasteiger partial charge < -0.3 is 25.0 Å². The van der Waals surface area contributed by atoms with Crippen molar-refractivity contribution < 1.29 is 23.9 Å². The number of morpholine rings is 2. The first-order valence-electron chi connectivity index (χ1n) is 8.17. The second-order valence-corrected chi connectivity index (χ2v) is 6.08. The highest BCUT2D eigenvalue weighted by molar-refractivity contribution is 5.90. The Balaban J connectivity index is 1.74. The van der Waals surface area contributed by atoms with Gasteiger partial charge in [0.2, 0.25) is 17.7 Å². The van der Waals surface area contributed by atoms with Crippen molar-refractivity contribution in [2.24, 2.45) is 5.73 Å². The summed E-state index contributed by atoms with van der Waals surface area (Å²) in [5.41, 5.74) is 6.21. The van der Waals surface area contributed by atoms with Gasteiger partial charge in [-0.15, -0.1) is 0 Å². The molecule has 0 aromatic heterocycles. The number of nitrogens with two attached hydrogens (primary N) is 1. The molecule has 0 saturated carbocycles. The van der Waals surface area contributed by atoms with Crippen LogP contribution in [0.4, 0.5) is 0 Å². The first-order valence-corrected chi connectivity index (χ1v) is 8.17. The lowest BCUT2D eigenvalue weighted by atomic mass is 10.1. The molecule has 8 nitrogen and oxygen atoms in total. The smallest absolute Gasteiger partial charge is 0.249 e. The van der Waals surface area contributed by atoms with E-state index >= 15 is 0 Å². The fraction of sp³-hybridized carbons (Fsp3) is 0.471. The minimum absolute atomic E-state index is 0.0381. The van der Waals surface area contributed by atoms with Crippen LogP contribution in [0.15, 0.2) is 30.3 Å². The van der Waals surface area contributed by atoms with Gasteiger partial charge in [-0.25, -0.2) is 0 Å². The molecule has 2 saturated heterocycles. The normalized spacial score (nSPS) is 24.2. The van der Waals surface area contributed by atoms with Crippen LogP contribution >= 0.6 is 0 Å². The molecule has 2 aliphatic heterocycles. The van der Waals surface area contributed by atoms with Crippen LogP contribution in [0.25, 0.3) is 0 Å². The lowest BCUT2D eigenvalue weighted by Crippen LogP contribution is -2.60. The van der Waals surface area contributed by atoms with Crippen molar-refractivity contribution >= 4 is 17.7 Å². The van der Waals surface area contributed by atoms with Crippen LogP contribution in [-0.4, -0.2) is 72.6 Å². The van der Waals surface area contributed by atoms with Crippen molar-refractivity contribution in [1.82, 2.24) is 9.80 Å². The summed E-state index contributed by atoms with van der Waals surface area (Å²) >= 11 is 0. The van der Waals surface area contributed by atoms with Crippen molar-refractivity contribution in [2.45, 2.75) is 18.7 Å². The highest BCUT2D eigenvalue weighted by Crippen LogP contribution is 2.17. The number of hydrogen-bond donors (Lipinski definition) is 1. The van der Waals surface area contributed by atoms with Gasteiger partial charge in [-0.3, -0.25) is 14.4 Å². The molecule has 3 amide bonds. The Morgan fingerprint density at radius 1 is 1.24 bits per heavy atom. The van der Waals surface area contributed by atoms with Gasteiger partial charge in [0.05, 0.1) is 19.8 Å². The quantitative estimate of drug-likeness (QED) is 0.763. The average molecular weight is 347 g/mol. The van der Waals surface area contributed by atoms with Gasteiger partial charge in [0.1, 0.15) is 12.6 Å². The maximum Gasteiger partial charge on any atom is 0.249 e. The number of hydrogen-bond acceptors (Lipinski definition) is 5. The second-order valence-electron chi connectivity index (χ2n) is 6.08. The molecule has 1 aromatic carbocycles. The van der Waals surface area contributed by atoms with Crippen LogP contribution in [0.1, 0.15) is 5.56 Å². The van der Waals surface area contributed by atoms with E-state index in [0.717, 1.165) is 5.56 Å². The molecule has 1 aromatic rings. The highest BCUT2D eigenvalue weighted by Gasteiger charge is 2.38. The largest absolute Gasteiger partial charge is 0.369 e. The van der Waals surface area contributed by atoms with Gasteiger partial charge in [-0.05, 0) is 5.56 Å². The van der Waals surface area contributed by atoms with Gasteiger partial charge in [0, 0.05) is 13.1 Å². The SMILES string of the molecule is NC(=O)[C@H]1CN(C(=O)[C@@H]2COCC(=O)N2Cc2ccccc2)CCO1. The molecular weight excluding hydrogens is 326 g/mol. The zero-order valence-electron chi connectivity index (χ0n) is 13.8. The molecule has 25 heavy (non-hydrogen) atoms. The topological polar surface area (TPSA) is 102 Å². The fourth-order valence-corrected chi connectivity index (χ4v) is 3.02. The molecule has 3 rings (SSSR count).